The molecule has 28 heavy (non-hydrogen) atoms. The van der Waals surface area contributed by atoms with E-state index in [1.165, 1.54) is 12.1 Å². The van der Waals surface area contributed by atoms with Gasteiger partial charge in [-0.25, -0.2) is 13.6 Å². The Morgan fingerprint density at radius 2 is 1.71 bits per heavy atom. The molecule has 3 rings (SSSR count). The minimum atomic E-state index is -3.70. The van der Waals surface area contributed by atoms with Gasteiger partial charge in [0.15, 0.2) is 11.5 Å². The van der Waals surface area contributed by atoms with E-state index in [0.29, 0.717) is 37.7 Å². The molecule has 8 heteroatoms. The van der Waals surface area contributed by atoms with Crippen LogP contribution in [0.1, 0.15) is 25.0 Å². The van der Waals surface area contributed by atoms with E-state index in [9.17, 15) is 13.2 Å². The minimum Gasteiger partial charge on any atom is -0.486 e. The monoisotopic (exact) mass is 404 g/mol. The molecule has 0 unspecified atom stereocenters. The molecule has 3 N–H and O–H groups in total. The van der Waals surface area contributed by atoms with Crippen LogP contribution in [0.5, 0.6) is 11.5 Å². The summed E-state index contributed by atoms with van der Waals surface area (Å²) < 4.78 is 33.7. The van der Waals surface area contributed by atoms with Gasteiger partial charge in [0.25, 0.3) is 0 Å². The van der Waals surface area contributed by atoms with Gasteiger partial charge in [-0.05, 0) is 55.7 Å². The van der Waals surface area contributed by atoms with Crippen molar-refractivity contribution in [3.05, 3.63) is 53.6 Å². The number of ether oxygens (including phenoxy) is 2. The van der Waals surface area contributed by atoms with Crippen LogP contribution in [0, 0.1) is 0 Å². The smallest absolute Gasteiger partial charge is 0.238 e. The third kappa shape index (κ3) is 4.45. The maximum absolute atomic E-state index is 12.7. The van der Waals surface area contributed by atoms with Crippen molar-refractivity contribution in [2.45, 2.75) is 30.6 Å². The van der Waals surface area contributed by atoms with E-state index < -0.39 is 15.4 Å². The molecular weight excluding hydrogens is 380 g/mol. The van der Waals surface area contributed by atoms with Crippen molar-refractivity contribution < 1.29 is 22.7 Å². The molecule has 0 aliphatic carbocycles. The maximum Gasteiger partial charge on any atom is 0.238 e. The number of nitrogens with two attached hydrogens (primary N) is 1. The molecule has 1 amide bonds. The van der Waals surface area contributed by atoms with Crippen LogP contribution < -0.4 is 19.9 Å². The van der Waals surface area contributed by atoms with Crippen LogP contribution in [0.15, 0.2) is 47.4 Å². The highest BCUT2D eigenvalue weighted by atomic mass is 32.2. The predicted molar refractivity (Wildman–Crippen MR) is 105 cm³/mol. The number of hydrogen-bond donors (Lipinski definition) is 2. The van der Waals surface area contributed by atoms with Crippen molar-refractivity contribution in [1.29, 1.82) is 0 Å². The Morgan fingerprint density at radius 1 is 1.07 bits per heavy atom. The Morgan fingerprint density at radius 3 is 2.36 bits per heavy atom. The minimum absolute atomic E-state index is 0.0695. The summed E-state index contributed by atoms with van der Waals surface area (Å²) in [6, 6.07) is 11.9. The lowest BCUT2D eigenvalue weighted by molar-refractivity contribution is -0.125. The Bertz CT molecular complexity index is 969. The first-order valence-electron chi connectivity index (χ1n) is 8.98. The number of carbonyl (C=O) groups is 1. The van der Waals surface area contributed by atoms with Gasteiger partial charge in [0.2, 0.25) is 15.9 Å². The molecule has 0 spiro atoms. The van der Waals surface area contributed by atoms with E-state index in [1.54, 1.807) is 12.1 Å². The molecule has 0 bridgehead atoms. The van der Waals surface area contributed by atoms with Crippen molar-refractivity contribution in [1.82, 2.24) is 5.32 Å². The van der Waals surface area contributed by atoms with E-state index in [0.717, 1.165) is 11.1 Å². The second kappa shape index (κ2) is 7.81. The Labute approximate surface area is 164 Å². The summed E-state index contributed by atoms with van der Waals surface area (Å²) >= 11 is 0. The van der Waals surface area contributed by atoms with Gasteiger partial charge >= 0.3 is 0 Å². The van der Waals surface area contributed by atoms with E-state index in [-0.39, 0.29) is 10.8 Å². The van der Waals surface area contributed by atoms with Gasteiger partial charge in [-0.3, -0.25) is 4.79 Å². The lowest BCUT2D eigenvalue weighted by Crippen LogP contribution is -2.41. The third-order valence-electron chi connectivity index (χ3n) is 4.78. The maximum atomic E-state index is 12.7. The highest BCUT2D eigenvalue weighted by molar-refractivity contribution is 7.89. The van der Waals surface area contributed by atoms with Crippen LogP contribution in [0.4, 0.5) is 0 Å². The van der Waals surface area contributed by atoms with Gasteiger partial charge in [0.1, 0.15) is 13.2 Å². The first-order valence-corrected chi connectivity index (χ1v) is 10.5. The molecule has 7 nitrogen and oxygen atoms in total. The van der Waals surface area contributed by atoms with Crippen molar-refractivity contribution in [3.63, 3.8) is 0 Å². The molecule has 0 saturated heterocycles. The molecule has 1 heterocycles. The fourth-order valence-electron chi connectivity index (χ4n) is 2.95. The molecule has 0 aromatic heterocycles. The zero-order valence-electron chi connectivity index (χ0n) is 15.9. The summed E-state index contributed by atoms with van der Waals surface area (Å²) in [6.45, 7) is 5.16. The number of hydrogen-bond acceptors (Lipinski definition) is 5. The van der Waals surface area contributed by atoms with Gasteiger partial charge in [0.05, 0.1) is 10.3 Å². The summed E-state index contributed by atoms with van der Waals surface area (Å²) in [5.74, 6) is 1.24. The van der Waals surface area contributed by atoms with Gasteiger partial charge < -0.3 is 14.8 Å². The number of primary sulfonamides is 1. The van der Waals surface area contributed by atoms with Crippen molar-refractivity contribution in [2.24, 2.45) is 5.14 Å². The molecule has 0 fully saturated rings. The van der Waals surface area contributed by atoms with Gasteiger partial charge in [-0.2, -0.15) is 0 Å². The molecule has 150 valence electrons. The Hall–Kier alpha value is -2.58. The van der Waals surface area contributed by atoms with Gasteiger partial charge in [-0.15, -0.1) is 0 Å². The van der Waals surface area contributed by atoms with Crippen LogP contribution in [-0.4, -0.2) is 34.1 Å². The number of benzene rings is 2. The van der Waals surface area contributed by atoms with Crippen molar-refractivity contribution in [3.8, 4) is 11.5 Å². The zero-order valence-corrected chi connectivity index (χ0v) is 16.7. The highest BCUT2D eigenvalue weighted by Gasteiger charge is 2.30. The number of rotatable bonds is 6. The predicted octanol–water partition coefficient (Wildman–Crippen LogP) is 1.74. The number of nitrogens with one attached hydrogen (secondary N) is 1. The second-order valence-corrected chi connectivity index (χ2v) is 8.74. The molecule has 2 aromatic rings. The summed E-state index contributed by atoms with van der Waals surface area (Å²) in [7, 11) is -3.70. The number of amides is 1. The van der Waals surface area contributed by atoms with E-state index in [2.05, 4.69) is 5.32 Å². The van der Waals surface area contributed by atoms with Crippen LogP contribution >= 0.6 is 0 Å². The van der Waals surface area contributed by atoms with Crippen LogP contribution in [-0.2, 0) is 26.7 Å². The number of carbonyl (C=O) groups excluding carboxylic acids is 1. The van der Waals surface area contributed by atoms with E-state index in [1.807, 2.05) is 32.0 Å². The topological polar surface area (TPSA) is 108 Å². The first kappa shape index (κ1) is 20.2. The normalized spacial score (nSPS) is 13.8. The second-order valence-electron chi connectivity index (χ2n) is 7.18. The molecular formula is C20H24N2O5S. The van der Waals surface area contributed by atoms with Crippen LogP contribution in [0.25, 0.3) is 0 Å². The number of fused-ring (bicyclic) bond motifs is 1. The van der Waals surface area contributed by atoms with E-state index >= 15 is 0 Å². The molecule has 1 aliphatic rings. The summed E-state index contributed by atoms with van der Waals surface area (Å²) in [6.07, 6.45) is 0.577. The molecule has 0 saturated carbocycles. The molecule has 1 aliphatic heterocycles. The summed E-state index contributed by atoms with van der Waals surface area (Å²) in [5.41, 5.74) is 1.00. The number of sulfonamides is 1. The molecule has 0 atom stereocenters. The highest BCUT2D eigenvalue weighted by Crippen LogP contribution is 2.35. The summed E-state index contributed by atoms with van der Waals surface area (Å²) in [4.78, 5) is 12.8. The SMILES string of the molecule is CC(C)(C(=O)NCCc1ccc(S(N)(=O)=O)cc1)c1ccc2c(c1)OCCO2. The van der Waals surface area contributed by atoms with Crippen LogP contribution in [0.3, 0.4) is 0 Å². The average Bonchev–Trinajstić information content (AvgIpc) is 2.67. The fraction of sp³-hybridized carbons (Fsp3) is 0.350. The quantitative estimate of drug-likeness (QED) is 0.763. The molecule has 0 radical (unpaired) electrons. The van der Waals surface area contributed by atoms with Crippen molar-refractivity contribution in [2.75, 3.05) is 19.8 Å². The molecule has 2 aromatic carbocycles. The van der Waals surface area contributed by atoms with E-state index in [4.69, 9.17) is 14.6 Å². The standard InChI is InChI=1S/C20H24N2O5S/c1-20(2,15-5-8-17-18(13-15)27-12-11-26-17)19(23)22-10-9-14-3-6-16(7-4-14)28(21,24)25/h3-8,13H,9-12H2,1-2H3,(H,22,23)(H2,21,24,25). The average molecular weight is 404 g/mol. The van der Waals surface area contributed by atoms with Gasteiger partial charge in [0, 0.05) is 6.54 Å². The largest absolute Gasteiger partial charge is 0.486 e. The van der Waals surface area contributed by atoms with Crippen molar-refractivity contribution >= 4 is 15.9 Å². The Balaban J connectivity index is 1.61. The lowest BCUT2D eigenvalue weighted by atomic mass is 9.83. The van der Waals surface area contributed by atoms with Crippen LogP contribution in [0.2, 0.25) is 0 Å². The zero-order chi connectivity index (χ0) is 20.4. The van der Waals surface area contributed by atoms with Gasteiger partial charge in [-0.1, -0.05) is 18.2 Å². The lowest BCUT2D eigenvalue weighted by Gasteiger charge is -2.26. The first-order chi connectivity index (χ1) is 13.2. The Kier molecular flexibility index (Phi) is 5.62. The fourth-order valence-corrected chi connectivity index (χ4v) is 3.47. The third-order valence-corrected chi connectivity index (χ3v) is 5.71. The summed E-state index contributed by atoms with van der Waals surface area (Å²) in [5, 5.41) is 8.03.